The van der Waals surface area contributed by atoms with E-state index in [9.17, 15) is 9.59 Å². The molecule has 1 aromatic carbocycles. The van der Waals surface area contributed by atoms with E-state index < -0.39 is 0 Å². The summed E-state index contributed by atoms with van der Waals surface area (Å²) in [5, 5.41) is 2.95. The number of benzene rings is 1. The average Bonchev–Trinajstić information content (AvgIpc) is 2.68. The van der Waals surface area contributed by atoms with Gasteiger partial charge in [-0.1, -0.05) is 25.5 Å². The van der Waals surface area contributed by atoms with Gasteiger partial charge in [-0.05, 0) is 30.9 Å². The van der Waals surface area contributed by atoms with Gasteiger partial charge < -0.3 is 19.9 Å². The van der Waals surface area contributed by atoms with Crippen molar-refractivity contribution in [1.82, 2.24) is 9.80 Å². The summed E-state index contributed by atoms with van der Waals surface area (Å²) in [6.45, 7) is 6.04. The summed E-state index contributed by atoms with van der Waals surface area (Å²) in [7, 11) is 0. The van der Waals surface area contributed by atoms with Crippen molar-refractivity contribution in [2.75, 3.05) is 44.7 Å². The standard InChI is InChI=1S/C19H27N3O3/c1-2-15-6-5-9-22(14-15)19(24)20-17-8-4-3-7-16(17)18(23)21-10-12-25-13-11-21/h3-4,7-8,15H,2,5-6,9-14H2,1H3,(H,20,24)/t15-/m0/s1. The van der Waals surface area contributed by atoms with E-state index in [2.05, 4.69) is 12.2 Å². The number of anilines is 1. The second-order valence-corrected chi connectivity index (χ2v) is 6.74. The van der Waals surface area contributed by atoms with Gasteiger partial charge in [-0.15, -0.1) is 0 Å². The summed E-state index contributed by atoms with van der Waals surface area (Å²) >= 11 is 0. The van der Waals surface area contributed by atoms with Crippen molar-refractivity contribution in [3.8, 4) is 0 Å². The Morgan fingerprint density at radius 1 is 1.16 bits per heavy atom. The highest BCUT2D eigenvalue weighted by atomic mass is 16.5. The first-order valence-corrected chi connectivity index (χ1v) is 9.21. The van der Waals surface area contributed by atoms with E-state index in [0.717, 1.165) is 25.9 Å². The fourth-order valence-electron chi connectivity index (χ4n) is 3.49. The number of hydrogen-bond acceptors (Lipinski definition) is 3. The van der Waals surface area contributed by atoms with Crippen LogP contribution in [0.2, 0.25) is 0 Å². The Labute approximate surface area is 149 Å². The number of likely N-dealkylation sites (tertiary alicyclic amines) is 1. The maximum absolute atomic E-state index is 12.8. The van der Waals surface area contributed by atoms with Crippen LogP contribution in [-0.2, 0) is 4.74 Å². The number of piperidine rings is 1. The molecule has 3 amide bonds. The lowest BCUT2D eigenvalue weighted by atomic mass is 9.96. The highest BCUT2D eigenvalue weighted by Crippen LogP contribution is 2.22. The molecule has 3 rings (SSSR count). The minimum Gasteiger partial charge on any atom is -0.378 e. The zero-order chi connectivity index (χ0) is 17.6. The van der Waals surface area contributed by atoms with Gasteiger partial charge in [0.05, 0.1) is 24.5 Å². The molecule has 6 nitrogen and oxygen atoms in total. The molecule has 1 N–H and O–H groups in total. The van der Waals surface area contributed by atoms with Crippen molar-refractivity contribution in [3.63, 3.8) is 0 Å². The molecule has 2 saturated heterocycles. The van der Waals surface area contributed by atoms with Crippen LogP contribution >= 0.6 is 0 Å². The van der Waals surface area contributed by atoms with Gasteiger partial charge in [-0.3, -0.25) is 4.79 Å². The van der Waals surface area contributed by atoms with Gasteiger partial charge in [-0.2, -0.15) is 0 Å². The molecule has 0 aromatic heterocycles. The van der Waals surface area contributed by atoms with E-state index in [1.165, 1.54) is 6.42 Å². The fraction of sp³-hybridized carbons (Fsp3) is 0.579. The second kappa shape index (κ2) is 8.34. The quantitative estimate of drug-likeness (QED) is 0.916. The summed E-state index contributed by atoms with van der Waals surface area (Å²) < 4.78 is 5.31. The lowest BCUT2D eigenvalue weighted by Gasteiger charge is -2.32. The number of nitrogens with one attached hydrogen (secondary N) is 1. The van der Waals surface area contributed by atoms with Crippen LogP contribution in [0.3, 0.4) is 0 Å². The van der Waals surface area contributed by atoms with Crippen molar-refractivity contribution in [1.29, 1.82) is 0 Å². The molecule has 0 spiro atoms. The molecule has 0 bridgehead atoms. The molecule has 2 aliphatic heterocycles. The van der Waals surface area contributed by atoms with Gasteiger partial charge in [0.1, 0.15) is 0 Å². The van der Waals surface area contributed by atoms with E-state index in [1.807, 2.05) is 17.0 Å². The third-order valence-corrected chi connectivity index (χ3v) is 5.08. The third kappa shape index (κ3) is 4.31. The lowest BCUT2D eigenvalue weighted by Crippen LogP contribution is -2.43. The molecule has 0 radical (unpaired) electrons. The predicted molar refractivity (Wildman–Crippen MR) is 96.8 cm³/mol. The molecule has 1 aromatic rings. The predicted octanol–water partition coefficient (Wildman–Crippen LogP) is 2.81. The van der Waals surface area contributed by atoms with Crippen LogP contribution in [0.15, 0.2) is 24.3 Å². The van der Waals surface area contributed by atoms with Crippen molar-refractivity contribution in [2.24, 2.45) is 5.92 Å². The Kier molecular flexibility index (Phi) is 5.91. The molecule has 0 saturated carbocycles. The Balaban J connectivity index is 1.70. The number of carbonyl (C=O) groups excluding carboxylic acids is 2. The van der Waals surface area contributed by atoms with E-state index >= 15 is 0 Å². The topological polar surface area (TPSA) is 61.9 Å². The van der Waals surface area contributed by atoms with E-state index in [1.54, 1.807) is 17.0 Å². The van der Waals surface area contributed by atoms with Crippen LogP contribution in [0.1, 0.15) is 36.5 Å². The number of hydrogen-bond donors (Lipinski definition) is 1. The summed E-state index contributed by atoms with van der Waals surface area (Å²) in [6, 6.07) is 7.14. The second-order valence-electron chi connectivity index (χ2n) is 6.74. The summed E-state index contributed by atoms with van der Waals surface area (Å²) in [6.07, 6.45) is 3.32. The van der Waals surface area contributed by atoms with Gasteiger partial charge in [0.25, 0.3) is 5.91 Å². The zero-order valence-electron chi connectivity index (χ0n) is 14.9. The Morgan fingerprint density at radius 3 is 2.68 bits per heavy atom. The average molecular weight is 345 g/mol. The molecule has 2 aliphatic rings. The molecule has 2 fully saturated rings. The molecular formula is C19H27N3O3. The summed E-state index contributed by atoms with van der Waals surface area (Å²) in [4.78, 5) is 29.1. The maximum atomic E-state index is 12.8. The molecule has 0 aliphatic carbocycles. The largest absolute Gasteiger partial charge is 0.378 e. The Morgan fingerprint density at radius 2 is 1.92 bits per heavy atom. The minimum absolute atomic E-state index is 0.0516. The van der Waals surface area contributed by atoms with E-state index in [0.29, 0.717) is 43.5 Å². The number of para-hydroxylation sites is 1. The molecular weight excluding hydrogens is 318 g/mol. The number of rotatable bonds is 3. The first-order valence-electron chi connectivity index (χ1n) is 9.21. The van der Waals surface area contributed by atoms with E-state index in [-0.39, 0.29) is 11.9 Å². The molecule has 2 heterocycles. The number of nitrogens with zero attached hydrogens (tertiary/aromatic N) is 2. The van der Waals surface area contributed by atoms with Crippen LogP contribution in [0.4, 0.5) is 10.5 Å². The Hall–Kier alpha value is -2.08. The molecule has 25 heavy (non-hydrogen) atoms. The van der Waals surface area contributed by atoms with Gasteiger partial charge in [0.15, 0.2) is 0 Å². The first-order chi connectivity index (χ1) is 12.2. The fourth-order valence-corrected chi connectivity index (χ4v) is 3.49. The first kappa shape index (κ1) is 17.7. The SMILES string of the molecule is CC[C@H]1CCCN(C(=O)Nc2ccccc2C(=O)N2CCOCC2)C1. The molecule has 136 valence electrons. The zero-order valence-corrected chi connectivity index (χ0v) is 14.9. The normalized spacial score (nSPS) is 21.1. The highest BCUT2D eigenvalue weighted by Gasteiger charge is 2.25. The molecule has 6 heteroatoms. The number of carbonyl (C=O) groups is 2. The van der Waals surface area contributed by atoms with Crippen molar-refractivity contribution >= 4 is 17.6 Å². The van der Waals surface area contributed by atoms with Crippen LogP contribution in [0.5, 0.6) is 0 Å². The van der Waals surface area contributed by atoms with Gasteiger partial charge in [0, 0.05) is 26.2 Å². The third-order valence-electron chi connectivity index (χ3n) is 5.08. The van der Waals surface area contributed by atoms with E-state index in [4.69, 9.17) is 4.74 Å². The van der Waals surface area contributed by atoms with Crippen molar-refractivity contribution in [2.45, 2.75) is 26.2 Å². The summed E-state index contributed by atoms with van der Waals surface area (Å²) in [5.74, 6) is 0.522. The minimum atomic E-state index is -0.111. The van der Waals surface area contributed by atoms with Crippen LogP contribution in [-0.4, -0.2) is 61.1 Å². The Bertz CT molecular complexity index is 614. The molecule has 1 atom stereocenters. The van der Waals surface area contributed by atoms with Crippen molar-refractivity contribution < 1.29 is 14.3 Å². The lowest BCUT2D eigenvalue weighted by molar-refractivity contribution is 0.0303. The van der Waals surface area contributed by atoms with Gasteiger partial charge >= 0.3 is 6.03 Å². The number of urea groups is 1. The summed E-state index contributed by atoms with van der Waals surface area (Å²) in [5.41, 5.74) is 1.13. The van der Waals surface area contributed by atoms with Gasteiger partial charge in [-0.25, -0.2) is 4.79 Å². The maximum Gasteiger partial charge on any atom is 0.321 e. The smallest absolute Gasteiger partial charge is 0.321 e. The van der Waals surface area contributed by atoms with Crippen LogP contribution < -0.4 is 5.32 Å². The number of amides is 3. The van der Waals surface area contributed by atoms with Gasteiger partial charge in [0.2, 0.25) is 0 Å². The number of ether oxygens (including phenoxy) is 1. The van der Waals surface area contributed by atoms with Crippen molar-refractivity contribution in [3.05, 3.63) is 29.8 Å². The molecule has 0 unspecified atom stereocenters. The van der Waals surface area contributed by atoms with Crippen LogP contribution in [0, 0.1) is 5.92 Å². The highest BCUT2D eigenvalue weighted by molar-refractivity contribution is 6.03. The van der Waals surface area contributed by atoms with Crippen LogP contribution in [0.25, 0.3) is 0 Å². The number of morpholine rings is 1. The monoisotopic (exact) mass is 345 g/mol.